The van der Waals surface area contributed by atoms with Crippen molar-refractivity contribution in [2.75, 3.05) is 13.2 Å². The molecule has 0 amide bonds. The number of benzene rings is 1. The molecule has 0 aromatic heterocycles. The van der Waals surface area contributed by atoms with Gasteiger partial charge in [0, 0.05) is 17.4 Å². The quantitative estimate of drug-likeness (QED) is 0.0638. The zero-order valence-electron chi connectivity index (χ0n) is 43.3. The minimum atomic E-state index is -1.61. The minimum absolute atomic E-state index is 0.0428. The molecule has 3 heterocycles. The highest BCUT2D eigenvalue weighted by Crippen LogP contribution is 2.41. The summed E-state index contributed by atoms with van der Waals surface area (Å²) in [6, 6.07) is 0. The van der Waals surface area contributed by atoms with Crippen molar-refractivity contribution < 1.29 is 83.3 Å². The Kier molecular flexibility index (Phi) is 22.6. The number of hydrogen-bond acceptors (Lipinski definition) is 17. The number of ether oxygens (including phenoxy) is 7. The van der Waals surface area contributed by atoms with E-state index in [9.17, 15) is 50.1 Å². The van der Waals surface area contributed by atoms with Crippen molar-refractivity contribution in [3.05, 3.63) is 85.5 Å². The summed E-state index contributed by atoms with van der Waals surface area (Å²) in [5.41, 5.74) is 1.06. The molecule has 0 spiro atoms. The molecule has 2 saturated heterocycles. The zero-order valence-corrected chi connectivity index (χ0v) is 44.8. The highest BCUT2D eigenvalue weighted by atomic mass is 35.5. The van der Waals surface area contributed by atoms with Crippen LogP contribution in [0.15, 0.2) is 58.7 Å². The molecule has 14 atom stereocenters. The first-order valence-electron chi connectivity index (χ1n) is 24.5. The lowest BCUT2D eigenvalue weighted by Crippen LogP contribution is -2.64. The fourth-order valence-corrected chi connectivity index (χ4v) is 9.36. The number of hydrogen-bond donors (Lipinski definition) is 7. The lowest BCUT2D eigenvalue weighted by atomic mass is 9.88. The van der Waals surface area contributed by atoms with Gasteiger partial charge in [-0.15, -0.1) is 0 Å². The third kappa shape index (κ3) is 14.8. The van der Waals surface area contributed by atoms with Gasteiger partial charge in [0.1, 0.15) is 41.3 Å². The Morgan fingerprint density at radius 3 is 2.19 bits per heavy atom. The summed E-state index contributed by atoms with van der Waals surface area (Å²) < 4.78 is 42.0. The smallest absolute Gasteiger partial charge is 0.342 e. The minimum Gasteiger partial charge on any atom is -0.505 e. The van der Waals surface area contributed by atoms with Gasteiger partial charge in [0.05, 0.1) is 60.1 Å². The van der Waals surface area contributed by atoms with Crippen molar-refractivity contribution in [3.8, 4) is 5.75 Å². The van der Waals surface area contributed by atoms with Crippen LogP contribution in [0.4, 0.5) is 0 Å². The molecule has 1 aromatic rings. The van der Waals surface area contributed by atoms with E-state index in [-0.39, 0.29) is 40.4 Å². The molecule has 0 unspecified atom stereocenters. The number of carbonyl (C=O) groups is 3. The molecule has 7 N–H and O–H groups in total. The summed E-state index contributed by atoms with van der Waals surface area (Å²) >= 11 is 12.7. The highest BCUT2D eigenvalue weighted by Gasteiger charge is 2.53. The second-order valence-corrected chi connectivity index (χ2v) is 20.5. The number of phenols is 1. The van der Waals surface area contributed by atoms with Gasteiger partial charge in [-0.1, -0.05) is 86.9 Å². The second-order valence-electron chi connectivity index (χ2n) is 19.8. The standard InChI is InChI=1S/C53H76Cl2O17/c1-13-32-22-27(6)36(58)18-16-15-17-33(24-66-51-35(23-56)41(59)46(31(10)67-51)69-50(65)38-34(14-2)39(54)29(8)40(55)42(38)60)49(64)68-37(30(9)57)20-19-26(5)21-28(7)45(32)70-52-44(62)43(61)47(53(11,12)72-52)71-48(63)25(3)4/h15-17,19,21-22,25,30-32,35-37,41,43-47,51-52,56-62H,13-14,18,20,23-24H2,1-12H3/b16-15+,26-19+,27-22+,28-21+,33-17+/t30-,31-,32+,35+,36+,37+,41-,43-,44+,45+,46-,47+,51-,52-/m1/s1. The summed E-state index contributed by atoms with van der Waals surface area (Å²) in [6.45, 7) is 19.1. The number of esters is 3. The van der Waals surface area contributed by atoms with Gasteiger partial charge < -0.3 is 68.9 Å². The van der Waals surface area contributed by atoms with Gasteiger partial charge in [0.25, 0.3) is 0 Å². The number of rotatable bonds is 13. The van der Waals surface area contributed by atoms with Crippen LogP contribution >= 0.6 is 23.2 Å². The first kappa shape index (κ1) is 60.9. The third-order valence-electron chi connectivity index (χ3n) is 13.4. The maximum Gasteiger partial charge on any atom is 0.342 e. The zero-order chi connectivity index (χ0) is 54.1. The van der Waals surface area contributed by atoms with E-state index < -0.39 is 134 Å². The molecule has 0 bridgehead atoms. The molecule has 4 rings (SSSR count). The molecule has 1 aromatic carbocycles. The first-order chi connectivity index (χ1) is 33.7. The Morgan fingerprint density at radius 1 is 0.931 bits per heavy atom. The van der Waals surface area contributed by atoms with Crippen molar-refractivity contribution in [3.63, 3.8) is 0 Å². The van der Waals surface area contributed by atoms with Gasteiger partial charge in [0.15, 0.2) is 24.8 Å². The summed E-state index contributed by atoms with van der Waals surface area (Å²) in [5.74, 6) is -5.05. The monoisotopic (exact) mass is 1050 g/mol. The maximum atomic E-state index is 13.9. The van der Waals surface area contributed by atoms with Gasteiger partial charge in [-0.3, -0.25) is 4.79 Å². The van der Waals surface area contributed by atoms with Gasteiger partial charge in [-0.25, -0.2) is 9.59 Å². The van der Waals surface area contributed by atoms with E-state index in [1.165, 1.54) is 26.0 Å². The molecular weight excluding hydrogens is 979 g/mol. The summed E-state index contributed by atoms with van der Waals surface area (Å²) in [6.07, 6.45) is -3.95. The summed E-state index contributed by atoms with van der Waals surface area (Å²) in [5, 5.41) is 77.7. The van der Waals surface area contributed by atoms with E-state index in [1.807, 2.05) is 32.9 Å². The number of aliphatic hydroxyl groups excluding tert-OH is 6. The second kappa shape index (κ2) is 26.7. The van der Waals surface area contributed by atoms with Crippen LogP contribution in [0.25, 0.3) is 0 Å². The lowest BCUT2D eigenvalue weighted by Gasteiger charge is -2.47. The topological polar surface area (TPSA) is 257 Å². The van der Waals surface area contributed by atoms with Crippen molar-refractivity contribution in [2.45, 2.75) is 188 Å². The fourth-order valence-electron chi connectivity index (χ4n) is 8.80. The van der Waals surface area contributed by atoms with E-state index >= 15 is 0 Å². The van der Waals surface area contributed by atoms with Gasteiger partial charge >= 0.3 is 17.9 Å². The average Bonchev–Trinajstić information content (AvgIpc) is 3.32. The van der Waals surface area contributed by atoms with E-state index in [2.05, 4.69) is 0 Å². The van der Waals surface area contributed by atoms with Crippen LogP contribution in [0.1, 0.15) is 117 Å². The van der Waals surface area contributed by atoms with Gasteiger partial charge in [-0.2, -0.15) is 0 Å². The van der Waals surface area contributed by atoms with Crippen LogP contribution in [-0.2, 0) is 49.2 Å². The van der Waals surface area contributed by atoms with Crippen LogP contribution in [0, 0.1) is 24.7 Å². The predicted molar refractivity (Wildman–Crippen MR) is 268 cm³/mol. The van der Waals surface area contributed by atoms with Crippen molar-refractivity contribution in [1.29, 1.82) is 0 Å². The molecule has 19 heteroatoms. The normalized spacial score (nSPS) is 34.8. The molecule has 0 aliphatic carbocycles. The van der Waals surface area contributed by atoms with Crippen molar-refractivity contribution in [1.82, 2.24) is 0 Å². The van der Waals surface area contributed by atoms with E-state index in [4.69, 9.17) is 56.4 Å². The molecule has 3 aliphatic heterocycles. The molecule has 0 saturated carbocycles. The Labute approximate surface area is 433 Å². The molecule has 2 fully saturated rings. The average molecular weight is 1060 g/mol. The predicted octanol–water partition coefficient (Wildman–Crippen LogP) is 6.43. The number of aliphatic hydroxyl groups is 6. The molecule has 72 heavy (non-hydrogen) atoms. The van der Waals surface area contributed by atoms with Crippen LogP contribution in [0.5, 0.6) is 5.75 Å². The molecule has 404 valence electrons. The van der Waals surface area contributed by atoms with Crippen molar-refractivity contribution in [2.24, 2.45) is 17.8 Å². The highest BCUT2D eigenvalue weighted by molar-refractivity contribution is 6.38. The van der Waals surface area contributed by atoms with E-state index in [1.54, 1.807) is 60.6 Å². The fraction of sp³-hybridized carbons (Fsp3) is 0.642. The van der Waals surface area contributed by atoms with Gasteiger partial charge in [-0.05, 0) is 103 Å². The van der Waals surface area contributed by atoms with Crippen LogP contribution in [0.3, 0.4) is 0 Å². The summed E-state index contributed by atoms with van der Waals surface area (Å²) in [7, 11) is 0. The van der Waals surface area contributed by atoms with Crippen LogP contribution in [0.2, 0.25) is 10.0 Å². The van der Waals surface area contributed by atoms with Gasteiger partial charge in [0.2, 0.25) is 0 Å². The maximum absolute atomic E-state index is 13.9. The third-order valence-corrected chi connectivity index (χ3v) is 14.3. The molecular formula is C53H76Cl2O17. The number of allylic oxidation sites excluding steroid dienone is 4. The van der Waals surface area contributed by atoms with Crippen LogP contribution < -0.4 is 0 Å². The number of halogens is 2. The Balaban J connectivity index is 1.61. The number of carbonyl (C=O) groups excluding carboxylic acids is 3. The Bertz CT molecular complexity index is 2210. The number of aromatic hydroxyl groups is 1. The number of cyclic esters (lactones) is 1. The Hall–Kier alpha value is -3.69. The largest absolute Gasteiger partial charge is 0.505 e. The lowest BCUT2D eigenvalue weighted by molar-refractivity contribution is -0.333. The van der Waals surface area contributed by atoms with E-state index in [0.29, 0.717) is 34.3 Å². The number of phenolic OH excluding ortho intramolecular Hbond substituents is 1. The SMILES string of the molecule is CCc1c(Cl)c(C)c(Cl)c(O)c1C(=O)O[C@H]1[C@H](O)[C@H](CO)[C@H](OC/C2=C\C=C\C[C@H](O)/C(C)=C/[C@H](CC)[C@@H](O[C@@H]3OC(C)(C)[C@@H](OC(=O)C(C)C)[C@H](O)[C@@H]3O)/C(C)=C/C(C)=C/C[C@@H]([C@@H](C)O)OC2=O)O[C@@H]1C. The molecule has 0 radical (unpaired) electrons. The molecule has 17 nitrogen and oxygen atoms in total. The first-order valence-corrected chi connectivity index (χ1v) is 25.3. The van der Waals surface area contributed by atoms with Crippen LogP contribution in [-0.4, -0.2) is 146 Å². The van der Waals surface area contributed by atoms with Crippen molar-refractivity contribution >= 4 is 41.1 Å². The molecule has 3 aliphatic rings. The Morgan fingerprint density at radius 2 is 1.60 bits per heavy atom. The summed E-state index contributed by atoms with van der Waals surface area (Å²) in [4.78, 5) is 40.1. The van der Waals surface area contributed by atoms with E-state index in [0.717, 1.165) is 0 Å².